The molecule has 140 valence electrons. The first kappa shape index (κ1) is 20.2. The summed E-state index contributed by atoms with van der Waals surface area (Å²) in [5.74, 6) is 0.141. The van der Waals surface area contributed by atoms with Gasteiger partial charge in [0.2, 0.25) is 0 Å². The van der Waals surface area contributed by atoms with Gasteiger partial charge < -0.3 is 9.47 Å². The third-order valence-corrected chi connectivity index (χ3v) is 4.13. The van der Waals surface area contributed by atoms with Crippen molar-refractivity contribution in [1.82, 2.24) is 0 Å². The molecule has 0 saturated carbocycles. The van der Waals surface area contributed by atoms with Crippen molar-refractivity contribution >= 4 is 11.9 Å². The molecular weight excluding hydrogens is 340 g/mol. The minimum absolute atomic E-state index is 0.361. The van der Waals surface area contributed by atoms with Crippen molar-refractivity contribution in [3.8, 4) is 11.5 Å². The Balaban J connectivity index is 2.14. The van der Waals surface area contributed by atoms with Gasteiger partial charge in [0, 0.05) is 11.1 Å². The molecule has 0 spiro atoms. The van der Waals surface area contributed by atoms with Crippen LogP contribution in [0.5, 0.6) is 11.5 Å². The van der Waals surface area contributed by atoms with Crippen molar-refractivity contribution in [2.45, 2.75) is 34.1 Å². The monoisotopic (exact) mass is 364 g/mol. The summed E-state index contributed by atoms with van der Waals surface area (Å²) in [7, 11) is 0. The first-order chi connectivity index (χ1) is 12.7. The highest BCUT2D eigenvalue weighted by Gasteiger charge is 2.10. The van der Waals surface area contributed by atoms with E-state index in [9.17, 15) is 9.59 Å². The van der Waals surface area contributed by atoms with Gasteiger partial charge in [-0.3, -0.25) is 0 Å². The van der Waals surface area contributed by atoms with Crippen LogP contribution < -0.4 is 9.47 Å². The molecule has 0 aliphatic rings. The predicted molar refractivity (Wildman–Crippen MR) is 106 cm³/mol. The van der Waals surface area contributed by atoms with Crippen LogP contribution in [-0.2, 0) is 16.0 Å². The van der Waals surface area contributed by atoms with Gasteiger partial charge >= 0.3 is 11.9 Å². The summed E-state index contributed by atoms with van der Waals surface area (Å²) in [5, 5.41) is 0. The maximum absolute atomic E-state index is 11.6. The molecular formula is C23H24O4. The molecule has 2 rings (SSSR count). The lowest BCUT2D eigenvalue weighted by atomic mass is 9.97. The van der Waals surface area contributed by atoms with Crippen molar-refractivity contribution in [3.05, 3.63) is 83.0 Å². The molecule has 0 heterocycles. The van der Waals surface area contributed by atoms with Crippen LogP contribution in [-0.4, -0.2) is 11.9 Å². The molecule has 4 heteroatoms. The third-order valence-electron chi connectivity index (χ3n) is 4.13. The normalized spacial score (nSPS) is 10.2. The topological polar surface area (TPSA) is 52.6 Å². The minimum Gasteiger partial charge on any atom is -0.423 e. The van der Waals surface area contributed by atoms with Crippen LogP contribution in [0.2, 0.25) is 0 Å². The second-order valence-electron chi connectivity index (χ2n) is 6.69. The van der Waals surface area contributed by atoms with Crippen molar-refractivity contribution in [2.24, 2.45) is 0 Å². The highest BCUT2D eigenvalue weighted by atomic mass is 16.5. The maximum atomic E-state index is 11.6. The summed E-state index contributed by atoms with van der Waals surface area (Å²) in [6.45, 7) is 14.3. The second-order valence-corrected chi connectivity index (χ2v) is 6.69. The lowest BCUT2D eigenvalue weighted by molar-refractivity contribution is -0.130. The van der Waals surface area contributed by atoms with Gasteiger partial charge in [0.1, 0.15) is 11.5 Å². The van der Waals surface area contributed by atoms with Gasteiger partial charge in [0.25, 0.3) is 0 Å². The third kappa shape index (κ3) is 5.42. The number of hydrogen-bond acceptors (Lipinski definition) is 4. The number of benzene rings is 2. The van der Waals surface area contributed by atoms with Crippen LogP contribution in [0.25, 0.3) is 0 Å². The van der Waals surface area contributed by atoms with E-state index >= 15 is 0 Å². The fourth-order valence-corrected chi connectivity index (χ4v) is 2.45. The van der Waals surface area contributed by atoms with Gasteiger partial charge in [-0.1, -0.05) is 25.3 Å². The molecule has 0 unspecified atom stereocenters. The summed E-state index contributed by atoms with van der Waals surface area (Å²) in [4.78, 5) is 23.3. The van der Waals surface area contributed by atoms with Crippen LogP contribution in [0, 0.1) is 13.8 Å². The van der Waals surface area contributed by atoms with Gasteiger partial charge in [-0.25, -0.2) is 9.59 Å². The molecule has 0 aliphatic carbocycles. The molecule has 0 aromatic heterocycles. The molecule has 0 aliphatic heterocycles. The van der Waals surface area contributed by atoms with E-state index in [0.29, 0.717) is 22.6 Å². The Morgan fingerprint density at radius 1 is 0.778 bits per heavy atom. The number of rotatable bonds is 6. The van der Waals surface area contributed by atoms with E-state index in [1.54, 1.807) is 26.0 Å². The Morgan fingerprint density at radius 3 is 1.44 bits per heavy atom. The number of ether oxygens (including phenoxy) is 2. The van der Waals surface area contributed by atoms with Crippen LogP contribution >= 0.6 is 0 Å². The zero-order valence-electron chi connectivity index (χ0n) is 16.2. The number of carbonyl (C=O) groups excluding carboxylic acids is 2. The lowest BCUT2D eigenvalue weighted by Crippen LogP contribution is -2.09. The van der Waals surface area contributed by atoms with E-state index in [2.05, 4.69) is 13.2 Å². The molecule has 0 fully saturated rings. The standard InChI is InChI=1S/C23H24O4/c1-14(2)22(24)26-20-9-7-18(16(5)11-20)13-19-8-10-21(12-17(19)6)27-23(25)15(3)4/h7-12H,1,3,13H2,2,4-6H3. The first-order valence-corrected chi connectivity index (χ1v) is 8.62. The number of carbonyl (C=O) groups is 2. The fraction of sp³-hybridized carbons (Fsp3) is 0.217. The van der Waals surface area contributed by atoms with Crippen LogP contribution in [0.4, 0.5) is 0 Å². The van der Waals surface area contributed by atoms with Gasteiger partial charge in [-0.05, 0) is 80.6 Å². The summed E-state index contributed by atoms with van der Waals surface area (Å²) >= 11 is 0. The van der Waals surface area contributed by atoms with E-state index in [-0.39, 0.29) is 0 Å². The average Bonchev–Trinajstić information content (AvgIpc) is 2.59. The fourth-order valence-electron chi connectivity index (χ4n) is 2.45. The van der Waals surface area contributed by atoms with Crippen LogP contribution in [0.3, 0.4) is 0 Å². The minimum atomic E-state index is -0.433. The van der Waals surface area contributed by atoms with E-state index < -0.39 is 11.9 Å². The van der Waals surface area contributed by atoms with E-state index in [1.807, 2.05) is 38.1 Å². The Labute approximate surface area is 160 Å². The Bertz CT molecular complexity index is 846. The van der Waals surface area contributed by atoms with Gasteiger partial charge in [-0.15, -0.1) is 0 Å². The molecule has 0 saturated heterocycles. The quantitative estimate of drug-likeness (QED) is 0.417. The molecule has 27 heavy (non-hydrogen) atoms. The SMILES string of the molecule is C=C(C)C(=O)Oc1ccc(Cc2ccc(OC(=O)C(=C)C)cc2C)c(C)c1. The van der Waals surface area contributed by atoms with Gasteiger partial charge in [-0.2, -0.15) is 0 Å². The molecule has 0 atom stereocenters. The lowest BCUT2D eigenvalue weighted by Gasteiger charge is -2.12. The Morgan fingerprint density at radius 2 is 1.15 bits per heavy atom. The number of hydrogen-bond donors (Lipinski definition) is 0. The number of aryl methyl sites for hydroxylation is 2. The highest BCUT2D eigenvalue weighted by Crippen LogP contribution is 2.24. The molecule has 0 bridgehead atoms. The average molecular weight is 364 g/mol. The zero-order valence-corrected chi connectivity index (χ0v) is 16.2. The molecule has 0 radical (unpaired) electrons. The van der Waals surface area contributed by atoms with Crippen molar-refractivity contribution in [3.63, 3.8) is 0 Å². The van der Waals surface area contributed by atoms with E-state index in [1.165, 1.54) is 0 Å². The summed E-state index contributed by atoms with van der Waals surface area (Å²) in [6, 6.07) is 11.1. The van der Waals surface area contributed by atoms with E-state index in [0.717, 1.165) is 28.7 Å². The summed E-state index contributed by atoms with van der Waals surface area (Å²) in [6.07, 6.45) is 0.723. The molecule has 4 nitrogen and oxygen atoms in total. The summed E-state index contributed by atoms with van der Waals surface area (Å²) < 4.78 is 10.5. The zero-order chi connectivity index (χ0) is 20.1. The van der Waals surface area contributed by atoms with E-state index in [4.69, 9.17) is 9.47 Å². The highest BCUT2D eigenvalue weighted by molar-refractivity contribution is 5.89. The van der Waals surface area contributed by atoms with Crippen LogP contribution in [0.15, 0.2) is 60.7 Å². The molecule has 2 aromatic rings. The molecule has 2 aromatic carbocycles. The molecule has 0 amide bonds. The summed E-state index contributed by atoms with van der Waals surface area (Å²) in [5.41, 5.74) is 5.03. The van der Waals surface area contributed by atoms with Crippen LogP contribution in [0.1, 0.15) is 36.1 Å². The smallest absolute Gasteiger partial charge is 0.338 e. The van der Waals surface area contributed by atoms with Crippen molar-refractivity contribution in [1.29, 1.82) is 0 Å². The van der Waals surface area contributed by atoms with Crippen molar-refractivity contribution < 1.29 is 19.1 Å². The number of esters is 2. The Kier molecular flexibility index (Phi) is 6.35. The largest absolute Gasteiger partial charge is 0.423 e. The Hall–Kier alpha value is -3.14. The van der Waals surface area contributed by atoms with Gasteiger partial charge in [0.15, 0.2) is 0 Å². The maximum Gasteiger partial charge on any atom is 0.338 e. The second kappa shape index (κ2) is 8.49. The first-order valence-electron chi connectivity index (χ1n) is 8.62. The van der Waals surface area contributed by atoms with Crippen molar-refractivity contribution in [2.75, 3.05) is 0 Å². The molecule has 0 N–H and O–H groups in total. The van der Waals surface area contributed by atoms with Gasteiger partial charge in [0.05, 0.1) is 0 Å². The predicted octanol–water partition coefficient (Wildman–Crippen LogP) is 4.86.